The summed E-state index contributed by atoms with van der Waals surface area (Å²) in [5.41, 5.74) is 1.39. The van der Waals surface area contributed by atoms with E-state index in [9.17, 15) is 30.7 Å². The van der Waals surface area contributed by atoms with E-state index in [1.54, 1.807) is 25.1 Å². The number of hydrazone groups is 1. The lowest BCUT2D eigenvalue weighted by Gasteiger charge is -2.27. The van der Waals surface area contributed by atoms with Gasteiger partial charge in [-0.3, -0.25) is 0 Å². The molecule has 2 aromatic carbocycles. The van der Waals surface area contributed by atoms with Crippen molar-refractivity contribution in [2.24, 2.45) is 5.10 Å². The molecule has 0 aromatic heterocycles. The molecule has 0 saturated heterocycles. The molecule has 0 aliphatic carbocycles. The van der Waals surface area contributed by atoms with E-state index in [2.05, 4.69) is 5.10 Å². The van der Waals surface area contributed by atoms with Crippen LogP contribution in [0.3, 0.4) is 0 Å². The largest absolute Gasteiger partial charge is 0.490 e. The second-order valence-electron chi connectivity index (χ2n) is 6.63. The number of benzene rings is 2. The van der Waals surface area contributed by atoms with Gasteiger partial charge in [0.1, 0.15) is 6.61 Å². The molecule has 2 aromatic rings. The summed E-state index contributed by atoms with van der Waals surface area (Å²) in [6.45, 7) is 2.11. The van der Waals surface area contributed by atoms with Crippen LogP contribution in [0.4, 0.5) is 30.7 Å². The summed E-state index contributed by atoms with van der Waals surface area (Å²) in [5.74, 6) is -4.71. The van der Waals surface area contributed by atoms with Gasteiger partial charge in [0.15, 0.2) is 23.0 Å². The lowest BCUT2D eigenvalue weighted by atomic mass is 10.2. The van der Waals surface area contributed by atoms with Crippen molar-refractivity contribution in [2.45, 2.75) is 31.7 Å². The van der Waals surface area contributed by atoms with Crippen molar-refractivity contribution in [3.63, 3.8) is 0 Å². The third-order valence-corrected chi connectivity index (χ3v) is 4.27. The second-order valence-corrected chi connectivity index (χ2v) is 6.63. The molecule has 1 heterocycles. The van der Waals surface area contributed by atoms with Crippen LogP contribution in [-0.4, -0.2) is 37.8 Å². The van der Waals surface area contributed by atoms with Gasteiger partial charge < -0.3 is 18.9 Å². The highest BCUT2D eigenvalue weighted by Crippen LogP contribution is 2.45. The van der Waals surface area contributed by atoms with Gasteiger partial charge in [-0.2, -0.15) is 35.8 Å². The van der Waals surface area contributed by atoms with Crippen LogP contribution in [0.5, 0.6) is 23.0 Å². The van der Waals surface area contributed by atoms with Crippen molar-refractivity contribution in [3.05, 3.63) is 47.5 Å². The minimum atomic E-state index is -6.46. The fourth-order valence-electron chi connectivity index (χ4n) is 2.62. The summed E-state index contributed by atoms with van der Waals surface area (Å²) in [6, 6.07) is 3.57. The molecular weight excluding hydrogens is 465 g/mol. The Morgan fingerprint density at radius 1 is 0.939 bits per heavy atom. The van der Waals surface area contributed by atoms with E-state index in [0.29, 0.717) is 23.1 Å². The lowest BCUT2D eigenvalue weighted by Crippen LogP contribution is -2.58. The van der Waals surface area contributed by atoms with Crippen molar-refractivity contribution in [3.8, 4) is 23.0 Å². The zero-order chi connectivity index (χ0) is 24.3. The number of halogens is 7. The van der Waals surface area contributed by atoms with Gasteiger partial charge in [0.05, 0.1) is 12.8 Å². The molecule has 0 unspecified atom stereocenters. The van der Waals surface area contributed by atoms with Gasteiger partial charge in [-0.1, -0.05) is 6.07 Å². The first-order valence-electron chi connectivity index (χ1n) is 9.35. The predicted molar refractivity (Wildman–Crippen MR) is 101 cm³/mol. The van der Waals surface area contributed by atoms with Crippen molar-refractivity contribution < 1.29 is 49.7 Å². The number of ether oxygens (including phenoxy) is 4. The Labute approximate surface area is 182 Å². The summed E-state index contributed by atoms with van der Waals surface area (Å²) >= 11 is 0. The molecule has 0 radical (unpaired) electrons. The third-order valence-electron chi connectivity index (χ3n) is 4.27. The molecule has 0 spiro atoms. The van der Waals surface area contributed by atoms with Gasteiger partial charge in [-0.05, 0) is 48.4 Å². The molecular formula is C20H17F7N2O4. The van der Waals surface area contributed by atoms with Crippen molar-refractivity contribution in [1.29, 1.82) is 0 Å². The van der Waals surface area contributed by atoms with Crippen LogP contribution in [0, 0.1) is 0 Å². The van der Waals surface area contributed by atoms with E-state index in [-0.39, 0.29) is 37.1 Å². The van der Waals surface area contributed by atoms with Gasteiger partial charge in [-0.25, -0.2) is 5.43 Å². The SMILES string of the molecule is CCOc1cc(/C=N/NC(F)(F)C(F)(F)C(F)(F)F)ccc1OCc1ccc2c(c1)OCO2. The smallest absolute Gasteiger partial charge is 0.462 e. The number of fused-ring (bicyclic) bond motifs is 1. The quantitative estimate of drug-likeness (QED) is 0.233. The fourth-order valence-corrected chi connectivity index (χ4v) is 2.62. The Balaban J connectivity index is 1.69. The lowest BCUT2D eigenvalue weighted by molar-refractivity contribution is -0.361. The standard InChI is InChI=1S/C20H17F7N2O4/c1-2-30-16-7-12(9-28-29-20(26,27)18(21,22)19(23,24)25)3-5-14(16)31-10-13-4-6-15-17(8-13)33-11-32-15/h3-9,29H,2,10-11H2,1H3/b28-9+. The van der Waals surface area contributed by atoms with E-state index in [1.807, 2.05) is 0 Å². The highest BCUT2D eigenvalue weighted by Gasteiger charge is 2.73. The second kappa shape index (κ2) is 9.24. The number of rotatable bonds is 9. The number of hydrogen-bond donors (Lipinski definition) is 1. The van der Waals surface area contributed by atoms with Crippen LogP contribution in [0.25, 0.3) is 0 Å². The maximum absolute atomic E-state index is 13.3. The number of hydrogen-bond acceptors (Lipinski definition) is 6. The number of alkyl halides is 7. The molecule has 1 N–H and O–H groups in total. The Morgan fingerprint density at radius 3 is 2.36 bits per heavy atom. The zero-order valence-corrected chi connectivity index (χ0v) is 16.9. The topological polar surface area (TPSA) is 61.3 Å². The van der Waals surface area contributed by atoms with Gasteiger partial charge in [0.25, 0.3) is 0 Å². The van der Waals surface area contributed by atoms with Gasteiger partial charge >= 0.3 is 18.1 Å². The average Bonchev–Trinajstić information content (AvgIpc) is 3.20. The Kier molecular flexibility index (Phi) is 6.79. The molecule has 13 heteroatoms. The molecule has 0 saturated carbocycles. The van der Waals surface area contributed by atoms with Crippen LogP contribution in [0.1, 0.15) is 18.1 Å². The number of nitrogens with zero attached hydrogens (tertiary/aromatic N) is 1. The van der Waals surface area contributed by atoms with Crippen LogP contribution in [0.2, 0.25) is 0 Å². The van der Waals surface area contributed by atoms with Crippen LogP contribution in [0.15, 0.2) is 41.5 Å². The Bertz CT molecular complexity index is 1010. The summed E-state index contributed by atoms with van der Waals surface area (Å²) in [6.07, 6.45) is -5.82. The molecule has 0 atom stereocenters. The van der Waals surface area contributed by atoms with E-state index in [1.165, 1.54) is 18.2 Å². The van der Waals surface area contributed by atoms with Gasteiger partial charge in [0.2, 0.25) is 6.79 Å². The first-order valence-corrected chi connectivity index (χ1v) is 9.35. The van der Waals surface area contributed by atoms with E-state index in [0.717, 1.165) is 5.56 Å². The molecule has 0 fully saturated rings. The minimum absolute atomic E-state index is 0.0764. The zero-order valence-electron chi connectivity index (χ0n) is 16.9. The summed E-state index contributed by atoms with van der Waals surface area (Å²) in [4.78, 5) is 0. The Morgan fingerprint density at radius 2 is 1.67 bits per heavy atom. The highest BCUT2D eigenvalue weighted by atomic mass is 19.4. The number of nitrogens with one attached hydrogen (secondary N) is 1. The first kappa shape index (κ1) is 24.3. The highest BCUT2D eigenvalue weighted by molar-refractivity contribution is 5.80. The minimum Gasteiger partial charge on any atom is -0.490 e. The van der Waals surface area contributed by atoms with E-state index < -0.39 is 18.1 Å². The fraction of sp³-hybridized carbons (Fsp3) is 0.350. The monoisotopic (exact) mass is 482 g/mol. The van der Waals surface area contributed by atoms with Gasteiger partial charge in [-0.15, -0.1) is 0 Å². The van der Waals surface area contributed by atoms with Crippen LogP contribution in [-0.2, 0) is 6.61 Å². The van der Waals surface area contributed by atoms with Crippen molar-refractivity contribution in [2.75, 3.05) is 13.4 Å². The van der Waals surface area contributed by atoms with E-state index >= 15 is 0 Å². The Hall–Kier alpha value is -3.38. The molecule has 33 heavy (non-hydrogen) atoms. The molecule has 0 bridgehead atoms. The third kappa shape index (κ3) is 5.34. The maximum atomic E-state index is 13.3. The van der Waals surface area contributed by atoms with Crippen molar-refractivity contribution in [1.82, 2.24) is 5.43 Å². The van der Waals surface area contributed by atoms with Crippen molar-refractivity contribution >= 4 is 6.21 Å². The molecule has 1 aliphatic heterocycles. The predicted octanol–water partition coefficient (Wildman–Crippen LogP) is 5.11. The molecule has 1 aliphatic rings. The molecule has 6 nitrogen and oxygen atoms in total. The first-order chi connectivity index (χ1) is 15.4. The average molecular weight is 482 g/mol. The molecule has 180 valence electrons. The molecule has 0 amide bonds. The van der Waals surface area contributed by atoms with E-state index in [4.69, 9.17) is 18.9 Å². The van der Waals surface area contributed by atoms with Crippen LogP contribution < -0.4 is 24.4 Å². The van der Waals surface area contributed by atoms with Crippen LogP contribution >= 0.6 is 0 Å². The molecule has 3 rings (SSSR count). The van der Waals surface area contributed by atoms with Gasteiger partial charge in [0, 0.05) is 0 Å². The maximum Gasteiger partial charge on any atom is 0.462 e. The summed E-state index contributed by atoms with van der Waals surface area (Å²) in [7, 11) is 0. The summed E-state index contributed by atoms with van der Waals surface area (Å²) < 4.78 is 110. The summed E-state index contributed by atoms with van der Waals surface area (Å²) in [5, 5.41) is 2.82. The normalized spacial score (nSPS) is 13.9.